The van der Waals surface area contributed by atoms with Crippen LogP contribution >= 0.6 is 0 Å². The third-order valence-electron chi connectivity index (χ3n) is 4.12. The van der Waals surface area contributed by atoms with Crippen molar-refractivity contribution in [3.05, 3.63) is 29.8 Å². The van der Waals surface area contributed by atoms with Crippen molar-refractivity contribution in [3.63, 3.8) is 0 Å². The highest BCUT2D eigenvalue weighted by Crippen LogP contribution is 2.34. The Labute approximate surface area is 118 Å². The highest BCUT2D eigenvalue weighted by Gasteiger charge is 2.29. The Morgan fingerprint density at radius 1 is 1.35 bits per heavy atom. The second kappa shape index (κ2) is 5.15. The predicted molar refractivity (Wildman–Crippen MR) is 76.8 cm³/mol. The molecule has 2 heterocycles. The lowest BCUT2D eigenvalue weighted by Crippen LogP contribution is -2.43. The summed E-state index contributed by atoms with van der Waals surface area (Å²) in [4.78, 5) is 27.2. The van der Waals surface area contributed by atoms with Crippen molar-refractivity contribution in [2.75, 3.05) is 31.1 Å². The lowest BCUT2D eigenvalue weighted by Gasteiger charge is -2.34. The number of hydrogen-bond acceptors (Lipinski definition) is 3. The molecule has 0 aromatic heterocycles. The second-order valence-corrected chi connectivity index (χ2v) is 5.45. The van der Waals surface area contributed by atoms with Crippen LogP contribution in [0.5, 0.6) is 0 Å². The van der Waals surface area contributed by atoms with Gasteiger partial charge in [0.15, 0.2) is 0 Å². The standard InChI is InChI=1S/C15H19N3O2/c1-11-6-8-17(13-5-3-2-4-12(11)13)10-14(19)18-9-7-16-15(18)20/h2-5,11H,6-10H2,1H3,(H,16,20)/t11-/m1/s1. The lowest BCUT2D eigenvalue weighted by atomic mass is 9.91. The van der Waals surface area contributed by atoms with Crippen molar-refractivity contribution < 1.29 is 9.59 Å². The van der Waals surface area contributed by atoms with E-state index < -0.39 is 0 Å². The van der Waals surface area contributed by atoms with Crippen LogP contribution in [-0.4, -0.2) is 43.0 Å². The smallest absolute Gasteiger partial charge is 0.324 e. The summed E-state index contributed by atoms with van der Waals surface area (Å²) in [5, 5.41) is 2.66. The molecule has 0 saturated carbocycles. The van der Waals surface area contributed by atoms with Gasteiger partial charge in [-0.15, -0.1) is 0 Å². The van der Waals surface area contributed by atoms with Crippen molar-refractivity contribution in [2.24, 2.45) is 0 Å². The number of carbonyl (C=O) groups is 2. The molecule has 1 N–H and O–H groups in total. The normalized spacial score (nSPS) is 21.6. The second-order valence-electron chi connectivity index (χ2n) is 5.45. The molecule has 20 heavy (non-hydrogen) atoms. The Bertz CT molecular complexity index is 544. The van der Waals surface area contributed by atoms with E-state index in [4.69, 9.17) is 0 Å². The fourth-order valence-corrected chi connectivity index (χ4v) is 2.94. The summed E-state index contributed by atoms with van der Waals surface area (Å²) in [5.74, 6) is 0.400. The number of carbonyl (C=O) groups excluding carboxylic acids is 2. The van der Waals surface area contributed by atoms with Gasteiger partial charge in [-0.05, 0) is 24.0 Å². The molecule has 3 rings (SSSR count). The average molecular weight is 273 g/mol. The first kappa shape index (κ1) is 13.0. The first-order valence-corrected chi connectivity index (χ1v) is 7.09. The van der Waals surface area contributed by atoms with Gasteiger partial charge < -0.3 is 10.2 Å². The van der Waals surface area contributed by atoms with Crippen molar-refractivity contribution in [1.29, 1.82) is 0 Å². The van der Waals surface area contributed by atoms with Gasteiger partial charge in [-0.1, -0.05) is 25.1 Å². The number of nitrogens with one attached hydrogen (secondary N) is 1. The van der Waals surface area contributed by atoms with Gasteiger partial charge in [-0.3, -0.25) is 9.69 Å². The third-order valence-corrected chi connectivity index (χ3v) is 4.12. The minimum absolute atomic E-state index is 0.121. The van der Waals surface area contributed by atoms with Crippen LogP contribution in [0.25, 0.3) is 0 Å². The maximum atomic E-state index is 12.2. The lowest BCUT2D eigenvalue weighted by molar-refractivity contribution is -0.126. The van der Waals surface area contributed by atoms with E-state index in [0.717, 1.165) is 18.7 Å². The minimum Gasteiger partial charge on any atom is -0.362 e. The van der Waals surface area contributed by atoms with Crippen LogP contribution in [0, 0.1) is 0 Å². The molecular weight excluding hydrogens is 254 g/mol. The largest absolute Gasteiger partial charge is 0.362 e. The van der Waals surface area contributed by atoms with Gasteiger partial charge >= 0.3 is 6.03 Å². The number of benzene rings is 1. The summed E-state index contributed by atoms with van der Waals surface area (Å²) in [7, 11) is 0. The number of urea groups is 1. The van der Waals surface area contributed by atoms with Crippen molar-refractivity contribution >= 4 is 17.6 Å². The molecular formula is C15H19N3O2. The molecule has 0 bridgehead atoms. The van der Waals surface area contributed by atoms with Gasteiger partial charge in [0.1, 0.15) is 0 Å². The van der Waals surface area contributed by atoms with Crippen LogP contribution in [0.3, 0.4) is 0 Å². The molecule has 1 atom stereocenters. The minimum atomic E-state index is -0.270. The van der Waals surface area contributed by atoms with Crippen LogP contribution in [0.15, 0.2) is 24.3 Å². The summed E-state index contributed by atoms with van der Waals surface area (Å²) < 4.78 is 0. The summed E-state index contributed by atoms with van der Waals surface area (Å²) in [5.41, 5.74) is 2.41. The van der Waals surface area contributed by atoms with Gasteiger partial charge in [0.25, 0.3) is 0 Å². The van der Waals surface area contributed by atoms with E-state index in [1.807, 2.05) is 12.1 Å². The monoisotopic (exact) mass is 273 g/mol. The van der Waals surface area contributed by atoms with E-state index in [2.05, 4.69) is 29.3 Å². The molecule has 0 unspecified atom stereocenters. The third kappa shape index (κ3) is 2.24. The molecule has 2 aliphatic heterocycles. The van der Waals surface area contributed by atoms with Gasteiger partial charge in [0, 0.05) is 25.3 Å². The molecule has 106 valence electrons. The summed E-state index contributed by atoms with van der Waals surface area (Å²) in [6.07, 6.45) is 1.04. The van der Waals surface area contributed by atoms with Crippen LogP contribution in [0.4, 0.5) is 10.5 Å². The van der Waals surface area contributed by atoms with Crippen LogP contribution in [0.2, 0.25) is 0 Å². The fourth-order valence-electron chi connectivity index (χ4n) is 2.94. The molecule has 1 aromatic carbocycles. The summed E-state index contributed by atoms with van der Waals surface area (Å²) >= 11 is 0. The Balaban J connectivity index is 1.77. The number of fused-ring (bicyclic) bond motifs is 1. The van der Waals surface area contributed by atoms with Crippen molar-refractivity contribution in [1.82, 2.24) is 10.2 Å². The maximum absolute atomic E-state index is 12.2. The van der Waals surface area contributed by atoms with Gasteiger partial charge in [-0.2, -0.15) is 0 Å². The van der Waals surface area contributed by atoms with Crippen LogP contribution in [0.1, 0.15) is 24.8 Å². The zero-order valence-corrected chi connectivity index (χ0v) is 11.6. The fraction of sp³-hybridized carbons (Fsp3) is 0.467. The Hall–Kier alpha value is -2.04. The molecule has 1 aromatic rings. The molecule has 5 nitrogen and oxygen atoms in total. The van der Waals surface area contributed by atoms with E-state index >= 15 is 0 Å². The highest BCUT2D eigenvalue weighted by molar-refractivity contribution is 5.97. The molecule has 1 fully saturated rings. The maximum Gasteiger partial charge on any atom is 0.324 e. The quantitative estimate of drug-likeness (QED) is 0.889. The van der Waals surface area contributed by atoms with Crippen LogP contribution in [-0.2, 0) is 4.79 Å². The number of nitrogens with zero attached hydrogens (tertiary/aromatic N) is 2. The van der Waals surface area contributed by atoms with E-state index in [9.17, 15) is 9.59 Å². The Morgan fingerprint density at radius 2 is 2.15 bits per heavy atom. The van der Waals surface area contributed by atoms with E-state index in [1.54, 1.807) is 0 Å². The van der Waals surface area contributed by atoms with Crippen molar-refractivity contribution in [3.8, 4) is 0 Å². The number of para-hydroxylation sites is 1. The zero-order valence-electron chi connectivity index (χ0n) is 11.6. The van der Waals surface area contributed by atoms with E-state index in [-0.39, 0.29) is 18.5 Å². The van der Waals surface area contributed by atoms with Gasteiger partial charge in [0.2, 0.25) is 5.91 Å². The summed E-state index contributed by atoms with van der Waals surface area (Å²) in [6.45, 7) is 4.38. The average Bonchev–Trinajstić information content (AvgIpc) is 2.88. The topological polar surface area (TPSA) is 52.7 Å². The first-order valence-electron chi connectivity index (χ1n) is 7.09. The number of imide groups is 1. The predicted octanol–water partition coefficient (Wildman–Crippen LogP) is 1.55. The number of hydrogen-bond donors (Lipinski definition) is 1. The number of anilines is 1. The molecule has 5 heteroatoms. The summed E-state index contributed by atoms with van der Waals surface area (Å²) in [6, 6.07) is 7.95. The Morgan fingerprint density at radius 3 is 2.90 bits per heavy atom. The van der Waals surface area contributed by atoms with E-state index in [1.165, 1.54) is 10.5 Å². The molecule has 3 amide bonds. The van der Waals surface area contributed by atoms with Gasteiger partial charge in [-0.25, -0.2) is 4.79 Å². The number of amides is 3. The van der Waals surface area contributed by atoms with Crippen molar-refractivity contribution in [2.45, 2.75) is 19.3 Å². The Kier molecular flexibility index (Phi) is 3.34. The highest BCUT2D eigenvalue weighted by atomic mass is 16.2. The SMILES string of the molecule is C[C@@H]1CCN(CC(=O)N2CCNC2=O)c2ccccc21. The molecule has 0 spiro atoms. The van der Waals surface area contributed by atoms with E-state index in [0.29, 0.717) is 19.0 Å². The van der Waals surface area contributed by atoms with Crippen LogP contribution < -0.4 is 10.2 Å². The number of rotatable bonds is 2. The molecule has 2 aliphatic rings. The first-order chi connectivity index (χ1) is 9.66. The molecule has 0 aliphatic carbocycles. The molecule has 1 saturated heterocycles. The molecule has 0 radical (unpaired) electrons. The van der Waals surface area contributed by atoms with Gasteiger partial charge in [0.05, 0.1) is 6.54 Å². The zero-order chi connectivity index (χ0) is 14.1.